The number of fused-ring (bicyclic) bond motifs is 1. The summed E-state index contributed by atoms with van der Waals surface area (Å²) >= 11 is 0. The van der Waals surface area contributed by atoms with Gasteiger partial charge in [-0.3, -0.25) is 4.79 Å². The SMILES string of the molecule is C=CCN1C(=O)C(C)=C(C)[C@H]1c1cn(C)c2ccccc12. The van der Waals surface area contributed by atoms with Crippen LogP contribution in [0.25, 0.3) is 10.9 Å². The van der Waals surface area contributed by atoms with Crippen LogP contribution in [0.2, 0.25) is 0 Å². The van der Waals surface area contributed by atoms with Crippen molar-refractivity contribution >= 4 is 16.8 Å². The zero-order valence-electron chi connectivity index (χ0n) is 12.8. The minimum absolute atomic E-state index is 0.0154. The Morgan fingerprint density at radius 1 is 1.29 bits per heavy atom. The van der Waals surface area contributed by atoms with Crippen LogP contribution in [0.15, 0.2) is 54.3 Å². The van der Waals surface area contributed by atoms with Crippen molar-refractivity contribution in [1.29, 1.82) is 0 Å². The Balaban J connectivity index is 2.20. The number of nitrogens with zero attached hydrogens (tertiary/aromatic N) is 2. The van der Waals surface area contributed by atoms with Gasteiger partial charge >= 0.3 is 0 Å². The molecule has 0 N–H and O–H groups in total. The van der Waals surface area contributed by atoms with Gasteiger partial charge in [0.05, 0.1) is 6.04 Å². The molecule has 3 rings (SSSR count). The molecule has 2 heterocycles. The topological polar surface area (TPSA) is 25.2 Å². The maximum atomic E-state index is 12.4. The van der Waals surface area contributed by atoms with Gasteiger partial charge in [-0.1, -0.05) is 24.3 Å². The molecule has 1 aromatic heterocycles. The fourth-order valence-corrected chi connectivity index (χ4v) is 3.26. The average Bonchev–Trinajstić information content (AvgIpc) is 2.91. The summed E-state index contributed by atoms with van der Waals surface area (Å²) in [6, 6.07) is 8.34. The van der Waals surface area contributed by atoms with E-state index in [4.69, 9.17) is 0 Å². The summed E-state index contributed by atoms with van der Waals surface area (Å²) in [5.74, 6) is 0.116. The molecule has 3 nitrogen and oxygen atoms in total. The maximum absolute atomic E-state index is 12.4. The van der Waals surface area contributed by atoms with Crippen molar-refractivity contribution in [3.63, 3.8) is 0 Å². The lowest BCUT2D eigenvalue weighted by Crippen LogP contribution is -2.30. The number of carbonyl (C=O) groups excluding carboxylic acids is 1. The zero-order valence-corrected chi connectivity index (χ0v) is 12.8. The molecule has 0 unspecified atom stereocenters. The second-order valence-corrected chi connectivity index (χ2v) is 5.67. The molecule has 1 aromatic carbocycles. The number of rotatable bonds is 3. The highest BCUT2D eigenvalue weighted by Crippen LogP contribution is 2.40. The number of hydrogen-bond donors (Lipinski definition) is 0. The first-order valence-electron chi connectivity index (χ1n) is 7.19. The van der Waals surface area contributed by atoms with Crippen LogP contribution in [0.1, 0.15) is 25.5 Å². The largest absolute Gasteiger partial charge is 0.350 e. The second-order valence-electron chi connectivity index (χ2n) is 5.67. The van der Waals surface area contributed by atoms with Gasteiger partial charge in [-0.15, -0.1) is 6.58 Å². The lowest BCUT2D eigenvalue weighted by Gasteiger charge is -2.25. The second kappa shape index (κ2) is 4.92. The summed E-state index contributed by atoms with van der Waals surface area (Å²) < 4.78 is 2.13. The van der Waals surface area contributed by atoms with Crippen LogP contribution in [0.5, 0.6) is 0 Å². The van der Waals surface area contributed by atoms with E-state index in [1.54, 1.807) is 6.08 Å². The number of para-hydroxylation sites is 1. The van der Waals surface area contributed by atoms with Crippen molar-refractivity contribution in [3.8, 4) is 0 Å². The molecule has 0 saturated carbocycles. The van der Waals surface area contributed by atoms with E-state index in [1.807, 2.05) is 31.0 Å². The third kappa shape index (κ3) is 1.92. The zero-order chi connectivity index (χ0) is 15.1. The van der Waals surface area contributed by atoms with E-state index in [0.717, 1.165) is 11.1 Å². The van der Waals surface area contributed by atoms with E-state index in [9.17, 15) is 4.79 Å². The molecule has 0 aliphatic carbocycles. The Morgan fingerprint density at radius 2 is 2.00 bits per heavy atom. The molecule has 1 amide bonds. The van der Waals surface area contributed by atoms with E-state index >= 15 is 0 Å². The van der Waals surface area contributed by atoms with Crippen LogP contribution < -0.4 is 0 Å². The molecule has 1 atom stereocenters. The minimum Gasteiger partial charge on any atom is -0.350 e. The fraction of sp³-hybridized carbons (Fsp3) is 0.278. The van der Waals surface area contributed by atoms with Gasteiger partial charge < -0.3 is 9.47 Å². The van der Waals surface area contributed by atoms with Crippen molar-refractivity contribution < 1.29 is 4.79 Å². The highest BCUT2D eigenvalue weighted by molar-refractivity contribution is 5.98. The average molecular weight is 280 g/mol. The molecule has 1 aliphatic heterocycles. The van der Waals surface area contributed by atoms with Gasteiger partial charge in [-0.25, -0.2) is 0 Å². The van der Waals surface area contributed by atoms with Crippen LogP contribution in [0.4, 0.5) is 0 Å². The molecule has 0 bridgehead atoms. The fourth-order valence-electron chi connectivity index (χ4n) is 3.26. The monoisotopic (exact) mass is 280 g/mol. The highest BCUT2D eigenvalue weighted by atomic mass is 16.2. The van der Waals surface area contributed by atoms with E-state index in [1.165, 1.54) is 16.5 Å². The van der Waals surface area contributed by atoms with Gasteiger partial charge in [-0.2, -0.15) is 0 Å². The van der Waals surface area contributed by atoms with Crippen LogP contribution in [-0.2, 0) is 11.8 Å². The number of aryl methyl sites for hydroxylation is 1. The van der Waals surface area contributed by atoms with Crippen molar-refractivity contribution in [1.82, 2.24) is 9.47 Å². The minimum atomic E-state index is 0.0154. The van der Waals surface area contributed by atoms with Crippen LogP contribution >= 0.6 is 0 Å². The molecule has 0 fully saturated rings. The molecule has 0 saturated heterocycles. The van der Waals surface area contributed by atoms with E-state index < -0.39 is 0 Å². The predicted molar refractivity (Wildman–Crippen MR) is 85.9 cm³/mol. The van der Waals surface area contributed by atoms with Crippen molar-refractivity contribution in [2.45, 2.75) is 19.9 Å². The lowest BCUT2D eigenvalue weighted by molar-refractivity contribution is -0.126. The Labute approximate surface area is 125 Å². The van der Waals surface area contributed by atoms with Crippen molar-refractivity contribution in [2.24, 2.45) is 7.05 Å². The first-order chi connectivity index (χ1) is 10.1. The lowest BCUT2D eigenvalue weighted by atomic mass is 9.99. The van der Waals surface area contributed by atoms with E-state index in [-0.39, 0.29) is 11.9 Å². The molecule has 0 spiro atoms. The first kappa shape index (κ1) is 13.7. The number of amides is 1. The standard InChI is InChI=1S/C18H20N2O/c1-5-10-20-17(12(2)13(3)18(20)21)15-11-19(4)16-9-7-6-8-14(15)16/h5-9,11,17H,1,10H2,2-4H3/t17-/m0/s1. The molecular weight excluding hydrogens is 260 g/mol. The van der Waals surface area contributed by atoms with Gasteiger partial charge in [0.2, 0.25) is 0 Å². The summed E-state index contributed by atoms with van der Waals surface area (Å²) in [5.41, 5.74) is 4.38. The predicted octanol–water partition coefficient (Wildman–Crippen LogP) is 3.58. The van der Waals surface area contributed by atoms with Gasteiger partial charge in [-0.05, 0) is 25.5 Å². The molecule has 1 aliphatic rings. The Bertz CT molecular complexity index is 767. The maximum Gasteiger partial charge on any atom is 0.250 e. The molecule has 3 heteroatoms. The van der Waals surface area contributed by atoms with Crippen LogP contribution in [0, 0.1) is 0 Å². The molecule has 21 heavy (non-hydrogen) atoms. The van der Waals surface area contributed by atoms with Crippen LogP contribution in [0.3, 0.4) is 0 Å². The van der Waals surface area contributed by atoms with Crippen molar-refractivity contribution in [3.05, 3.63) is 59.8 Å². The first-order valence-corrected chi connectivity index (χ1v) is 7.19. The van der Waals surface area contributed by atoms with E-state index in [0.29, 0.717) is 6.54 Å². The third-order valence-corrected chi connectivity index (χ3v) is 4.44. The Morgan fingerprint density at radius 3 is 2.71 bits per heavy atom. The number of aromatic nitrogens is 1. The van der Waals surface area contributed by atoms with Crippen molar-refractivity contribution in [2.75, 3.05) is 6.54 Å². The van der Waals surface area contributed by atoms with Gasteiger partial charge in [0.25, 0.3) is 5.91 Å². The number of benzene rings is 1. The number of carbonyl (C=O) groups is 1. The third-order valence-electron chi connectivity index (χ3n) is 4.44. The Kier molecular flexibility index (Phi) is 3.20. The summed E-state index contributed by atoms with van der Waals surface area (Å²) in [5, 5.41) is 1.21. The summed E-state index contributed by atoms with van der Waals surface area (Å²) in [7, 11) is 2.05. The quantitative estimate of drug-likeness (QED) is 0.789. The molecule has 108 valence electrons. The van der Waals surface area contributed by atoms with Crippen LogP contribution in [-0.4, -0.2) is 21.9 Å². The van der Waals surface area contributed by atoms with Gasteiger partial charge in [0.1, 0.15) is 0 Å². The molecule has 2 aromatic rings. The summed E-state index contributed by atoms with van der Waals surface area (Å²) in [4.78, 5) is 14.3. The normalized spacial score (nSPS) is 18.9. The number of hydrogen-bond acceptors (Lipinski definition) is 1. The Hall–Kier alpha value is -2.29. The molecule has 0 radical (unpaired) electrons. The van der Waals surface area contributed by atoms with E-state index in [2.05, 4.69) is 36.4 Å². The summed E-state index contributed by atoms with van der Waals surface area (Å²) in [6.07, 6.45) is 3.93. The van der Waals surface area contributed by atoms with Gasteiger partial charge in [0, 0.05) is 41.8 Å². The molecular formula is C18H20N2O. The highest BCUT2D eigenvalue weighted by Gasteiger charge is 2.36. The smallest absolute Gasteiger partial charge is 0.250 e. The van der Waals surface area contributed by atoms with Gasteiger partial charge in [0.15, 0.2) is 0 Å². The summed E-state index contributed by atoms with van der Waals surface area (Å²) in [6.45, 7) is 8.33.